The number of hydrogen-bond acceptors (Lipinski definition) is 4. The molecule has 0 heterocycles. The fourth-order valence-electron chi connectivity index (χ4n) is 2.19. The van der Waals surface area contributed by atoms with Crippen molar-refractivity contribution in [3.8, 4) is 0 Å². The molecule has 0 unspecified atom stereocenters. The van der Waals surface area contributed by atoms with E-state index in [0.717, 1.165) is 0 Å². The molecule has 2 radical (unpaired) electrons. The predicted octanol–water partition coefficient (Wildman–Crippen LogP) is 6.25. The van der Waals surface area contributed by atoms with Crippen LogP contribution in [0.4, 0.5) is 0 Å². The molecule has 0 aliphatic carbocycles. The van der Waals surface area contributed by atoms with Gasteiger partial charge in [-0.2, -0.15) is 25.3 Å². The topological polar surface area (TPSA) is 74.6 Å². The zero-order valence-electron chi connectivity index (χ0n) is 17.4. The number of unbranched alkanes of at least 4 members (excludes halogenated alkanes) is 10. The van der Waals surface area contributed by atoms with E-state index in [0.29, 0.717) is 0 Å². The zero-order chi connectivity index (χ0) is 21.2. The van der Waals surface area contributed by atoms with Crippen molar-refractivity contribution in [2.24, 2.45) is 0 Å². The van der Waals surface area contributed by atoms with Gasteiger partial charge in [0.15, 0.2) is 0 Å². The second-order valence-electron chi connectivity index (χ2n) is 6.39. The van der Waals surface area contributed by atoms with E-state index in [4.69, 9.17) is 10.2 Å². The normalized spacial score (nSPS) is 9.63. The van der Waals surface area contributed by atoms with Crippen molar-refractivity contribution >= 4 is 58.3 Å². The molecule has 0 aromatic heterocycles. The second kappa shape index (κ2) is 31.1. The van der Waals surface area contributed by atoms with E-state index in [1.165, 1.54) is 64.2 Å². The van der Waals surface area contributed by atoms with Gasteiger partial charge in [0.25, 0.3) is 0 Å². The van der Waals surface area contributed by atoms with Crippen molar-refractivity contribution in [1.82, 2.24) is 0 Å². The van der Waals surface area contributed by atoms with Crippen molar-refractivity contribution in [3.63, 3.8) is 0 Å². The van der Waals surface area contributed by atoms with Crippen molar-refractivity contribution in [1.29, 1.82) is 0 Å². The van der Waals surface area contributed by atoms with Crippen molar-refractivity contribution in [2.75, 3.05) is 11.5 Å². The van der Waals surface area contributed by atoms with Gasteiger partial charge in [0, 0.05) is 0 Å². The molecule has 0 aliphatic rings. The molecular weight excluding hydrogens is 487 g/mol. The number of aliphatic carboxylic acids is 2. The van der Waals surface area contributed by atoms with Crippen LogP contribution >= 0.6 is 25.3 Å². The molecule has 162 valence electrons. The van der Waals surface area contributed by atoms with Gasteiger partial charge in [-0.3, -0.25) is 9.59 Å². The summed E-state index contributed by atoms with van der Waals surface area (Å²) < 4.78 is 3.31. The minimum Gasteiger partial charge on any atom is -0.481 e. The molecule has 0 aliphatic heterocycles. The quantitative estimate of drug-likeness (QED) is 0.108. The van der Waals surface area contributed by atoms with Gasteiger partial charge in [-0.1, -0.05) is 0 Å². The first-order valence-electron chi connectivity index (χ1n) is 10.3. The van der Waals surface area contributed by atoms with Crippen LogP contribution in [-0.4, -0.2) is 54.8 Å². The molecule has 0 spiro atoms. The molecule has 0 aromatic carbocycles. The van der Waals surface area contributed by atoms with Gasteiger partial charge in [-0.15, -0.1) is 0 Å². The number of thiol groups is 2. The maximum absolute atomic E-state index is 9.29. The average Bonchev–Trinajstić information content (AvgIpc) is 2.66. The van der Waals surface area contributed by atoms with Gasteiger partial charge < -0.3 is 10.2 Å². The van der Waals surface area contributed by atoms with E-state index < -0.39 is 11.9 Å². The molecule has 7 heteroatoms. The van der Waals surface area contributed by atoms with E-state index in [-0.39, 0.29) is 32.6 Å². The number of carbonyl (C=O) groups is 2. The molecule has 0 bridgehead atoms. The summed E-state index contributed by atoms with van der Waals surface area (Å²) >= 11 is 6.91. The third-order valence-electron chi connectivity index (χ3n) is 3.68. The molecule has 0 atom stereocenters. The summed E-state index contributed by atoms with van der Waals surface area (Å²) in [5, 5.41) is 15.3. The summed E-state index contributed by atoms with van der Waals surface area (Å²) in [4.78, 5) is 18.6. The number of carboxylic acids is 2. The third-order valence-corrected chi connectivity index (χ3v) is 8.26. The Labute approximate surface area is 188 Å². The Balaban J connectivity index is -0.000000471. The number of hydrogen-bond donors (Lipinski definition) is 4. The van der Waals surface area contributed by atoms with Crippen LogP contribution in [0.25, 0.3) is 0 Å². The summed E-state index contributed by atoms with van der Waals surface area (Å²) in [7, 11) is 0. The first-order chi connectivity index (χ1) is 13.0. The number of carboxylic acid groups (broad SMARTS) is 2. The van der Waals surface area contributed by atoms with Crippen LogP contribution in [0.1, 0.15) is 90.9 Å². The van der Waals surface area contributed by atoms with Gasteiger partial charge >= 0.3 is 133 Å². The molecule has 27 heavy (non-hydrogen) atoms. The Hall–Kier alpha value is 0.439. The summed E-state index contributed by atoms with van der Waals surface area (Å²) in [5.41, 5.74) is 0. The Kier molecular flexibility index (Phi) is 37.0. The van der Waals surface area contributed by atoms with E-state index in [2.05, 4.69) is 39.1 Å². The average molecular weight is 529 g/mol. The van der Waals surface area contributed by atoms with E-state index in [1.807, 2.05) is 0 Å². The third kappa shape index (κ3) is 46.4. The molecule has 0 amide bonds. The summed E-state index contributed by atoms with van der Waals surface area (Å²) in [6, 6.07) is 0. The van der Waals surface area contributed by atoms with Crippen molar-refractivity contribution in [2.45, 2.75) is 99.8 Å². The standard InChI is InChI=1S/2C8H17.2C2H4O2S.Sn/c2*1-3-5-7-8-6-4-2;2*3-2(4)1-5;/h2*1,3-8H2,2H3;2*5H,1H2,(H,3,4);. The molecule has 0 aromatic rings. The van der Waals surface area contributed by atoms with Gasteiger partial charge in [0.05, 0.1) is 11.5 Å². The van der Waals surface area contributed by atoms with Crippen molar-refractivity contribution < 1.29 is 19.8 Å². The first kappa shape index (κ1) is 32.1. The van der Waals surface area contributed by atoms with Gasteiger partial charge in [0.2, 0.25) is 0 Å². The molecular formula is C20H42O4S2Sn. The molecule has 0 saturated heterocycles. The first-order valence-corrected chi connectivity index (χ1v) is 15.6. The maximum atomic E-state index is 9.29. The Bertz CT molecular complexity index is 278. The fourth-order valence-corrected chi connectivity index (χ4v) is 5.75. The van der Waals surface area contributed by atoms with E-state index >= 15 is 0 Å². The van der Waals surface area contributed by atoms with E-state index in [1.54, 1.807) is 21.7 Å². The Morgan fingerprint density at radius 3 is 1.15 bits per heavy atom. The van der Waals surface area contributed by atoms with Crippen LogP contribution in [0.2, 0.25) is 8.87 Å². The largest absolute Gasteiger partial charge is 0.481 e. The maximum Gasteiger partial charge on any atom is 0.313 e. The summed E-state index contributed by atoms with van der Waals surface area (Å²) in [6.07, 6.45) is 17.8. The Morgan fingerprint density at radius 2 is 0.889 bits per heavy atom. The smallest absolute Gasteiger partial charge is 0.313 e. The summed E-state index contributed by atoms with van der Waals surface area (Å²) in [5.74, 6) is -1.93. The molecule has 0 fully saturated rings. The van der Waals surface area contributed by atoms with Crippen LogP contribution in [0.5, 0.6) is 0 Å². The minimum atomic E-state index is -0.881. The van der Waals surface area contributed by atoms with E-state index in [9.17, 15) is 9.59 Å². The minimum absolute atomic E-state index is 0.0736. The van der Waals surface area contributed by atoms with Crippen LogP contribution in [-0.2, 0) is 9.59 Å². The van der Waals surface area contributed by atoms with Crippen LogP contribution in [0.15, 0.2) is 0 Å². The van der Waals surface area contributed by atoms with Gasteiger partial charge in [0.1, 0.15) is 0 Å². The molecule has 2 N–H and O–H groups in total. The monoisotopic (exact) mass is 530 g/mol. The SMILES string of the molecule is CCCCCCC[CH2][Sn][CH2]CCCCCCC.O=C(O)CS.O=C(O)CS. The fraction of sp³-hybridized carbons (Fsp3) is 0.900. The Morgan fingerprint density at radius 1 is 0.630 bits per heavy atom. The molecule has 0 saturated carbocycles. The number of rotatable bonds is 16. The van der Waals surface area contributed by atoms with Crippen LogP contribution in [0, 0.1) is 0 Å². The predicted molar refractivity (Wildman–Crippen MR) is 125 cm³/mol. The zero-order valence-corrected chi connectivity index (χ0v) is 22.1. The molecule has 4 nitrogen and oxygen atoms in total. The van der Waals surface area contributed by atoms with Crippen LogP contribution < -0.4 is 0 Å². The second-order valence-corrected chi connectivity index (χ2v) is 11.3. The van der Waals surface area contributed by atoms with Gasteiger partial charge in [-0.05, 0) is 0 Å². The van der Waals surface area contributed by atoms with Gasteiger partial charge in [-0.25, -0.2) is 0 Å². The summed E-state index contributed by atoms with van der Waals surface area (Å²) in [6.45, 7) is 4.60. The molecule has 0 rings (SSSR count). The van der Waals surface area contributed by atoms with Crippen LogP contribution in [0.3, 0.4) is 0 Å². The van der Waals surface area contributed by atoms with Crippen molar-refractivity contribution in [3.05, 3.63) is 0 Å².